The maximum atomic E-state index is 12.2. The first-order valence-electron chi connectivity index (χ1n) is 3.92. The predicted molar refractivity (Wildman–Crippen MR) is 45.3 cm³/mol. The lowest BCUT2D eigenvalue weighted by Crippen LogP contribution is -2.42. The van der Waals surface area contributed by atoms with Crippen molar-refractivity contribution in [2.24, 2.45) is 0 Å². The second-order valence-electron chi connectivity index (χ2n) is 2.98. The summed E-state index contributed by atoms with van der Waals surface area (Å²) < 4.78 is 36.5. The van der Waals surface area contributed by atoms with Gasteiger partial charge in [-0.1, -0.05) is 12.1 Å². The number of nitro groups is 1. The van der Waals surface area contributed by atoms with E-state index < -0.39 is 28.1 Å². The van der Waals surface area contributed by atoms with E-state index in [1.165, 1.54) is 0 Å². The molecule has 0 amide bonds. The SMILES string of the molecule is O=[N+]([O-])c1cccc(C(O)(O)C(F)(F)F)c1. The van der Waals surface area contributed by atoms with Crippen LogP contribution in [0, 0.1) is 10.1 Å². The molecule has 0 fully saturated rings. The minimum atomic E-state index is -5.33. The van der Waals surface area contributed by atoms with Crippen molar-refractivity contribution in [1.29, 1.82) is 0 Å². The van der Waals surface area contributed by atoms with E-state index in [1.54, 1.807) is 0 Å². The smallest absolute Gasteiger partial charge is 0.355 e. The van der Waals surface area contributed by atoms with E-state index in [0.29, 0.717) is 6.07 Å². The van der Waals surface area contributed by atoms with Crippen LogP contribution in [0.1, 0.15) is 5.56 Å². The Morgan fingerprint density at radius 1 is 1.25 bits per heavy atom. The largest absolute Gasteiger partial charge is 0.447 e. The fourth-order valence-electron chi connectivity index (χ4n) is 1.000. The molecule has 88 valence electrons. The van der Waals surface area contributed by atoms with Crippen molar-refractivity contribution in [3.05, 3.63) is 39.9 Å². The topological polar surface area (TPSA) is 83.6 Å². The standard InChI is InChI=1S/C8H6F3NO4/c9-8(10,11)7(13,14)5-2-1-3-6(4-5)12(15)16/h1-4,13-14H. The van der Waals surface area contributed by atoms with Crippen LogP contribution >= 0.6 is 0 Å². The summed E-state index contributed by atoms with van der Waals surface area (Å²) in [5.74, 6) is -4.10. The second kappa shape index (κ2) is 3.72. The Labute approximate surface area is 86.9 Å². The average molecular weight is 237 g/mol. The highest BCUT2D eigenvalue weighted by atomic mass is 19.4. The minimum absolute atomic E-state index is 0.452. The molecule has 0 bridgehead atoms. The Kier molecular flexibility index (Phi) is 2.89. The van der Waals surface area contributed by atoms with Crippen LogP contribution < -0.4 is 0 Å². The number of nitrogens with zero attached hydrogens (tertiary/aromatic N) is 1. The van der Waals surface area contributed by atoms with E-state index in [2.05, 4.69) is 0 Å². The molecule has 0 aromatic heterocycles. The number of nitro benzene ring substituents is 1. The van der Waals surface area contributed by atoms with E-state index in [9.17, 15) is 23.3 Å². The van der Waals surface area contributed by atoms with Gasteiger partial charge in [0.05, 0.1) is 4.92 Å². The van der Waals surface area contributed by atoms with Crippen molar-refractivity contribution in [2.75, 3.05) is 0 Å². The maximum Gasteiger partial charge on any atom is 0.447 e. The average Bonchev–Trinajstić information content (AvgIpc) is 2.16. The Morgan fingerprint density at radius 3 is 2.25 bits per heavy atom. The number of alkyl halides is 3. The molecule has 0 heterocycles. The molecule has 1 aromatic carbocycles. The first-order chi connectivity index (χ1) is 7.16. The van der Waals surface area contributed by atoms with E-state index in [-0.39, 0.29) is 0 Å². The fourth-order valence-corrected chi connectivity index (χ4v) is 1.000. The van der Waals surface area contributed by atoms with Crippen LogP contribution in [-0.4, -0.2) is 21.3 Å². The summed E-state index contributed by atoms with van der Waals surface area (Å²) in [5.41, 5.74) is -1.66. The molecule has 1 rings (SSSR count). The van der Waals surface area contributed by atoms with Gasteiger partial charge in [-0.05, 0) is 0 Å². The number of rotatable bonds is 2. The summed E-state index contributed by atoms with van der Waals surface area (Å²) in [6.07, 6.45) is -5.33. The van der Waals surface area contributed by atoms with Crippen molar-refractivity contribution >= 4 is 5.69 Å². The third kappa shape index (κ3) is 2.12. The number of benzene rings is 1. The predicted octanol–water partition coefficient (Wildman–Crippen LogP) is 1.29. The summed E-state index contributed by atoms with van der Waals surface area (Å²) in [6.45, 7) is 0. The molecule has 0 saturated carbocycles. The molecule has 0 aliphatic rings. The molecule has 0 atom stereocenters. The molecular formula is C8H6F3NO4. The van der Waals surface area contributed by atoms with Crippen LogP contribution in [0.15, 0.2) is 24.3 Å². The maximum absolute atomic E-state index is 12.2. The van der Waals surface area contributed by atoms with E-state index in [0.717, 1.165) is 18.2 Å². The van der Waals surface area contributed by atoms with Crippen LogP contribution in [0.3, 0.4) is 0 Å². The lowest BCUT2D eigenvalue weighted by molar-refractivity contribution is -0.386. The zero-order chi connectivity index (χ0) is 12.6. The van der Waals surface area contributed by atoms with Crippen LogP contribution in [0.4, 0.5) is 18.9 Å². The molecule has 5 nitrogen and oxygen atoms in total. The molecule has 16 heavy (non-hydrogen) atoms. The highest BCUT2D eigenvalue weighted by molar-refractivity contribution is 5.36. The van der Waals surface area contributed by atoms with Gasteiger partial charge in [0.15, 0.2) is 0 Å². The Balaban J connectivity index is 3.24. The summed E-state index contributed by atoms with van der Waals surface area (Å²) in [6, 6.07) is 3.06. The number of non-ortho nitro benzene ring substituents is 1. The highest BCUT2D eigenvalue weighted by Crippen LogP contribution is 2.37. The van der Waals surface area contributed by atoms with Gasteiger partial charge in [-0.3, -0.25) is 10.1 Å². The normalized spacial score (nSPS) is 12.6. The number of halogens is 3. The molecule has 0 radical (unpaired) electrons. The molecule has 1 aromatic rings. The summed E-state index contributed by atoms with van der Waals surface area (Å²) in [7, 11) is 0. The third-order valence-electron chi connectivity index (χ3n) is 1.85. The van der Waals surface area contributed by atoms with E-state index >= 15 is 0 Å². The van der Waals surface area contributed by atoms with Gasteiger partial charge in [0.2, 0.25) is 0 Å². The van der Waals surface area contributed by atoms with Gasteiger partial charge in [0, 0.05) is 17.7 Å². The number of aliphatic hydroxyl groups is 2. The Morgan fingerprint density at radius 2 is 1.81 bits per heavy atom. The molecule has 0 aliphatic heterocycles. The molecular weight excluding hydrogens is 231 g/mol. The van der Waals surface area contributed by atoms with Crippen LogP contribution in [-0.2, 0) is 5.79 Å². The van der Waals surface area contributed by atoms with Crippen LogP contribution in [0.5, 0.6) is 0 Å². The van der Waals surface area contributed by atoms with E-state index in [1.807, 2.05) is 0 Å². The van der Waals surface area contributed by atoms with Gasteiger partial charge in [0.25, 0.3) is 11.5 Å². The van der Waals surface area contributed by atoms with Gasteiger partial charge in [-0.25, -0.2) is 0 Å². The van der Waals surface area contributed by atoms with Gasteiger partial charge < -0.3 is 10.2 Å². The zero-order valence-corrected chi connectivity index (χ0v) is 7.60. The van der Waals surface area contributed by atoms with E-state index in [4.69, 9.17) is 10.2 Å². The third-order valence-corrected chi connectivity index (χ3v) is 1.85. The number of hydrogen-bond acceptors (Lipinski definition) is 4. The molecule has 0 aliphatic carbocycles. The lowest BCUT2D eigenvalue weighted by Gasteiger charge is -2.24. The van der Waals surface area contributed by atoms with Crippen molar-refractivity contribution in [3.8, 4) is 0 Å². The fraction of sp³-hybridized carbons (Fsp3) is 0.250. The first-order valence-corrected chi connectivity index (χ1v) is 3.92. The quantitative estimate of drug-likeness (QED) is 0.461. The van der Waals surface area contributed by atoms with Crippen LogP contribution in [0.25, 0.3) is 0 Å². The van der Waals surface area contributed by atoms with Crippen molar-refractivity contribution in [1.82, 2.24) is 0 Å². The monoisotopic (exact) mass is 237 g/mol. The molecule has 0 saturated heterocycles. The minimum Gasteiger partial charge on any atom is -0.355 e. The van der Waals surface area contributed by atoms with Gasteiger partial charge in [0.1, 0.15) is 0 Å². The molecule has 2 N–H and O–H groups in total. The van der Waals surface area contributed by atoms with Crippen molar-refractivity contribution < 1.29 is 28.3 Å². The summed E-state index contributed by atoms with van der Waals surface area (Å²) in [5, 5.41) is 28.0. The highest BCUT2D eigenvalue weighted by Gasteiger charge is 2.54. The molecule has 0 spiro atoms. The summed E-state index contributed by atoms with van der Waals surface area (Å²) >= 11 is 0. The van der Waals surface area contributed by atoms with Crippen molar-refractivity contribution in [2.45, 2.75) is 12.0 Å². The molecule has 8 heteroatoms. The van der Waals surface area contributed by atoms with Crippen molar-refractivity contribution in [3.63, 3.8) is 0 Å². The van der Waals surface area contributed by atoms with Crippen LogP contribution in [0.2, 0.25) is 0 Å². The second-order valence-corrected chi connectivity index (χ2v) is 2.98. The molecule has 0 unspecified atom stereocenters. The Hall–Kier alpha value is -1.67. The van der Waals surface area contributed by atoms with Gasteiger partial charge in [-0.2, -0.15) is 13.2 Å². The van der Waals surface area contributed by atoms with Gasteiger partial charge >= 0.3 is 6.18 Å². The zero-order valence-electron chi connectivity index (χ0n) is 7.60. The Bertz CT molecular complexity index is 416. The van der Waals surface area contributed by atoms with Gasteiger partial charge in [-0.15, -0.1) is 0 Å². The first kappa shape index (κ1) is 12.4. The lowest BCUT2D eigenvalue weighted by atomic mass is 10.1. The number of hydrogen-bond donors (Lipinski definition) is 2. The summed E-state index contributed by atoms with van der Waals surface area (Å²) in [4.78, 5) is 9.36.